The lowest BCUT2D eigenvalue weighted by Crippen LogP contribution is -1.84. The third-order valence-electron chi connectivity index (χ3n) is 0.991. The van der Waals surface area contributed by atoms with Crippen molar-refractivity contribution in [3.63, 3.8) is 0 Å². The van der Waals surface area contributed by atoms with Crippen molar-refractivity contribution in [1.82, 2.24) is 0 Å². The van der Waals surface area contributed by atoms with E-state index >= 15 is 0 Å². The first-order valence-electron chi connectivity index (χ1n) is 2.62. The summed E-state index contributed by atoms with van der Waals surface area (Å²) in [4.78, 5) is 0. The van der Waals surface area contributed by atoms with Crippen molar-refractivity contribution in [1.29, 1.82) is 0 Å². The van der Waals surface area contributed by atoms with Crippen LogP contribution in [0.3, 0.4) is 0 Å². The van der Waals surface area contributed by atoms with Crippen molar-refractivity contribution in [3.05, 3.63) is 23.1 Å². The molecule has 0 aliphatic carbocycles. The Morgan fingerprint density at radius 3 is 2.00 bits per heavy atom. The Morgan fingerprint density at radius 1 is 1.50 bits per heavy atom. The summed E-state index contributed by atoms with van der Waals surface area (Å²) in [7, 11) is 1.41. The number of hydrogen-bond donors (Lipinski definition) is 0. The van der Waals surface area contributed by atoms with E-state index in [-0.39, 0.29) is 0 Å². The highest BCUT2D eigenvalue weighted by Gasteiger charge is 2.00. The fourth-order valence-corrected chi connectivity index (χ4v) is 1.34. The topological polar surface area (TPSA) is 34.1 Å². The van der Waals surface area contributed by atoms with Crippen molar-refractivity contribution in [2.24, 2.45) is 0 Å². The summed E-state index contributed by atoms with van der Waals surface area (Å²) in [5.74, 6) is 0. The molecule has 0 heterocycles. The number of halogens is 1. The highest BCUT2D eigenvalue weighted by Crippen LogP contribution is 2.09. The Balaban J connectivity index is 4.66. The molecule has 0 aromatic rings. The van der Waals surface area contributed by atoms with Gasteiger partial charge >= 0.3 is 0 Å². The average molecular weight is 181 g/mol. The van der Waals surface area contributed by atoms with Crippen molar-refractivity contribution in [3.8, 4) is 0 Å². The third kappa shape index (κ3) is 4.58. The molecule has 0 aromatic heterocycles. The minimum Gasteiger partial charge on any atom is -0.208 e. The molecule has 0 amide bonds. The lowest BCUT2D eigenvalue weighted by molar-refractivity contribution is 0.617. The zero-order valence-electron chi connectivity index (χ0n) is 5.89. The van der Waals surface area contributed by atoms with Crippen LogP contribution in [0.2, 0.25) is 0 Å². The molecule has 0 atom stereocenters. The van der Waals surface area contributed by atoms with E-state index in [1.807, 2.05) is 0 Å². The largest absolute Gasteiger partial charge is 0.254 e. The Morgan fingerprint density at radius 2 is 1.90 bits per heavy atom. The van der Waals surface area contributed by atoms with Gasteiger partial charge in [-0.25, -0.2) is 8.42 Å². The van der Waals surface area contributed by atoms with Crippen molar-refractivity contribution >= 4 is 19.7 Å². The van der Waals surface area contributed by atoms with Crippen molar-refractivity contribution in [2.45, 2.75) is 13.8 Å². The highest BCUT2D eigenvalue weighted by atomic mass is 35.7. The molecular formula is C6H9ClO2S. The van der Waals surface area contributed by atoms with Crippen LogP contribution in [0.5, 0.6) is 0 Å². The summed E-state index contributed by atoms with van der Waals surface area (Å²) in [5, 5.41) is 0.983. The van der Waals surface area contributed by atoms with Gasteiger partial charge in [-0.3, -0.25) is 0 Å². The van der Waals surface area contributed by atoms with E-state index in [0.717, 1.165) is 5.41 Å². The monoisotopic (exact) mass is 180 g/mol. The molecule has 2 nitrogen and oxygen atoms in total. The Kier molecular flexibility index (Phi) is 3.12. The SMILES string of the molecule is C=C(C)/C(C)=C\S(=O)(=O)Cl. The average Bonchev–Trinajstić information content (AvgIpc) is 1.60. The normalized spacial score (nSPS) is 13.3. The molecule has 0 bridgehead atoms. The predicted molar refractivity (Wildman–Crippen MR) is 43.3 cm³/mol. The fourth-order valence-electron chi connectivity index (χ4n) is 0.312. The van der Waals surface area contributed by atoms with Gasteiger partial charge in [0.1, 0.15) is 0 Å². The number of allylic oxidation sites excluding steroid dienone is 2. The van der Waals surface area contributed by atoms with Crippen molar-refractivity contribution < 1.29 is 8.42 Å². The molecule has 0 N–H and O–H groups in total. The molecule has 58 valence electrons. The van der Waals surface area contributed by atoms with Gasteiger partial charge < -0.3 is 0 Å². The van der Waals surface area contributed by atoms with Crippen LogP contribution in [0.15, 0.2) is 23.1 Å². The fraction of sp³-hybridized carbons (Fsp3) is 0.333. The van der Waals surface area contributed by atoms with Crippen LogP contribution in [0.1, 0.15) is 13.8 Å². The third-order valence-corrected chi connectivity index (χ3v) is 1.89. The van der Waals surface area contributed by atoms with E-state index in [4.69, 9.17) is 10.7 Å². The number of rotatable bonds is 2. The summed E-state index contributed by atoms with van der Waals surface area (Å²) in [6, 6.07) is 0. The summed E-state index contributed by atoms with van der Waals surface area (Å²) in [6.07, 6.45) is 0. The van der Waals surface area contributed by atoms with E-state index in [0.29, 0.717) is 11.1 Å². The van der Waals surface area contributed by atoms with Crippen molar-refractivity contribution in [2.75, 3.05) is 0 Å². The van der Waals surface area contributed by atoms with Crippen LogP contribution in [0.4, 0.5) is 0 Å². The molecule has 0 rings (SSSR count). The van der Waals surface area contributed by atoms with Crippen LogP contribution < -0.4 is 0 Å². The Bertz CT molecular complexity index is 261. The minimum absolute atomic E-state index is 0.579. The van der Waals surface area contributed by atoms with Crippen LogP contribution in [0, 0.1) is 0 Å². The van der Waals surface area contributed by atoms with Gasteiger partial charge in [-0.1, -0.05) is 12.2 Å². The molecule has 10 heavy (non-hydrogen) atoms. The number of hydrogen-bond acceptors (Lipinski definition) is 2. The molecule has 0 fully saturated rings. The molecule has 0 aromatic carbocycles. The standard InChI is InChI=1S/C6H9ClO2S/c1-5(2)6(3)4-10(7,8)9/h4H,1H2,2-3H3/b6-4-. The molecule has 0 unspecified atom stereocenters. The van der Waals surface area contributed by atoms with E-state index in [1.54, 1.807) is 13.8 Å². The maximum Gasteiger partial charge on any atom is 0.254 e. The first kappa shape index (κ1) is 9.72. The first-order valence-corrected chi connectivity index (χ1v) is 4.99. The quantitative estimate of drug-likeness (QED) is 0.482. The predicted octanol–water partition coefficient (Wildman–Crippen LogP) is 2.03. The molecule has 0 radical (unpaired) electrons. The lowest BCUT2D eigenvalue weighted by atomic mass is 10.2. The van der Waals surface area contributed by atoms with Gasteiger partial charge in [0, 0.05) is 16.1 Å². The lowest BCUT2D eigenvalue weighted by Gasteiger charge is -1.94. The molecule has 0 saturated heterocycles. The van der Waals surface area contributed by atoms with Gasteiger partial charge in [0.2, 0.25) is 0 Å². The molecule has 0 spiro atoms. The van der Waals surface area contributed by atoms with Gasteiger partial charge in [-0.2, -0.15) is 0 Å². The van der Waals surface area contributed by atoms with Gasteiger partial charge in [0.15, 0.2) is 0 Å². The first-order chi connectivity index (χ1) is 4.33. The Hall–Kier alpha value is -0.280. The molecule has 0 aliphatic heterocycles. The molecule has 0 saturated carbocycles. The zero-order chi connectivity index (χ0) is 8.36. The zero-order valence-corrected chi connectivity index (χ0v) is 7.46. The van der Waals surface area contributed by atoms with E-state index in [9.17, 15) is 8.42 Å². The summed E-state index contributed by atoms with van der Waals surface area (Å²) < 4.78 is 20.8. The summed E-state index contributed by atoms with van der Waals surface area (Å²) >= 11 is 0. The highest BCUT2D eigenvalue weighted by molar-refractivity contribution is 8.16. The molecule has 0 aliphatic rings. The second-order valence-electron chi connectivity index (χ2n) is 2.06. The van der Waals surface area contributed by atoms with E-state index in [2.05, 4.69) is 6.58 Å². The van der Waals surface area contributed by atoms with Crippen LogP contribution in [-0.2, 0) is 9.05 Å². The smallest absolute Gasteiger partial charge is 0.208 e. The summed E-state index contributed by atoms with van der Waals surface area (Å²) in [5.41, 5.74) is 1.28. The Labute approximate surface area is 65.6 Å². The van der Waals surface area contributed by atoms with Crippen LogP contribution in [0.25, 0.3) is 0 Å². The van der Waals surface area contributed by atoms with Gasteiger partial charge in [-0.05, 0) is 19.4 Å². The maximum atomic E-state index is 10.4. The van der Waals surface area contributed by atoms with Gasteiger partial charge in [-0.15, -0.1) is 0 Å². The second-order valence-corrected chi connectivity index (χ2v) is 4.53. The molecular weight excluding hydrogens is 172 g/mol. The van der Waals surface area contributed by atoms with Gasteiger partial charge in [0.25, 0.3) is 9.05 Å². The maximum absolute atomic E-state index is 10.4. The van der Waals surface area contributed by atoms with Crippen LogP contribution >= 0.6 is 10.7 Å². The van der Waals surface area contributed by atoms with Crippen LogP contribution in [-0.4, -0.2) is 8.42 Å². The van der Waals surface area contributed by atoms with E-state index < -0.39 is 9.05 Å². The minimum atomic E-state index is -3.52. The van der Waals surface area contributed by atoms with Gasteiger partial charge in [0.05, 0.1) is 0 Å². The summed E-state index contributed by atoms with van der Waals surface area (Å²) in [6.45, 7) is 6.91. The van der Waals surface area contributed by atoms with E-state index in [1.165, 1.54) is 0 Å². The molecule has 4 heteroatoms. The second kappa shape index (κ2) is 3.21.